The lowest BCUT2D eigenvalue weighted by molar-refractivity contribution is 0.101. The van der Waals surface area contributed by atoms with Gasteiger partial charge in [-0.3, -0.25) is 9.00 Å². The number of Topliss-reactive ketones (excluding diaryl/α,β-unsaturated/α-hetero) is 1. The van der Waals surface area contributed by atoms with Crippen molar-refractivity contribution in [2.24, 2.45) is 0 Å². The molecule has 0 saturated heterocycles. The van der Waals surface area contributed by atoms with Gasteiger partial charge in [0.1, 0.15) is 22.9 Å². The molecule has 0 spiro atoms. The Morgan fingerprint density at radius 3 is 2.27 bits per heavy atom. The van der Waals surface area contributed by atoms with Gasteiger partial charge in [0.2, 0.25) is 5.95 Å². The van der Waals surface area contributed by atoms with Crippen LogP contribution in [0.4, 0.5) is 11.8 Å². The summed E-state index contributed by atoms with van der Waals surface area (Å²) in [5, 5.41) is 0. The summed E-state index contributed by atoms with van der Waals surface area (Å²) < 4.78 is 23.5. The Labute approximate surface area is 176 Å². The summed E-state index contributed by atoms with van der Waals surface area (Å²) in [4.78, 5) is 21.4. The summed E-state index contributed by atoms with van der Waals surface area (Å²) in [6.07, 6.45) is 1.95. The molecule has 0 bridgehead atoms. The molecule has 0 radical (unpaired) electrons. The predicted octanol–water partition coefficient (Wildman–Crippen LogP) is 2.24. The molecule has 0 aliphatic carbocycles. The maximum absolute atomic E-state index is 12.9. The third kappa shape index (κ3) is 4.74. The number of ketones is 1. The van der Waals surface area contributed by atoms with Crippen molar-refractivity contribution in [3.05, 3.63) is 65.4 Å². The van der Waals surface area contributed by atoms with E-state index in [1.54, 1.807) is 42.6 Å². The molecule has 156 valence electrons. The van der Waals surface area contributed by atoms with Crippen LogP contribution in [-0.2, 0) is 17.2 Å². The Morgan fingerprint density at radius 2 is 1.70 bits per heavy atom. The molecular weight excluding hydrogens is 404 g/mol. The number of benzene rings is 2. The van der Waals surface area contributed by atoms with Gasteiger partial charge in [0.25, 0.3) is 0 Å². The fraction of sp³-hybridized carbons (Fsp3) is 0.190. The number of carbonyl (C=O) groups excluding carboxylic acids is 1. The highest BCUT2D eigenvalue weighted by Crippen LogP contribution is 2.33. The summed E-state index contributed by atoms with van der Waals surface area (Å²) in [5.74, 6) is 0.503. The Balaban J connectivity index is 1.91. The number of nitrogen functional groups attached to an aromatic ring is 2. The maximum atomic E-state index is 12.9. The molecule has 0 aliphatic rings. The van der Waals surface area contributed by atoms with Gasteiger partial charge < -0.3 is 20.9 Å². The number of nitrogens with zero attached hydrogens (tertiary/aromatic N) is 2. The van der Waals surface area contributed by atoms with Gasteiger partial charge in [-0.15, -0.1) is 0 Å². The second-order valence-corrected chi connectivity index (χ2v) is 7.87. The lowest BCUT2D eigenvalue weighted by Gasteiger charge is -2.15. The van der Waals surface area contributed by atoms with Gasteiger partial charge in [0.15, 0.2) is 5.78 Å². The van der Waals surface area contributed by atoms with Gasteiger partial charge in [-0.05, 0) is 29.8 Å². The van der Waals surface area contributed by atoms with Crippen molar-refractivity contribution >= 4 is 28.3 Å². The summed E-state index contributed by atoms with van der Waals surface area (Å²) in [7, 11) is 1.44. The number of hydrogen-bond acceptors (Lipinski definition) is 8. The van der Waals surface area contributed by atoms with E-state index in [2.05, 4.69) is 9.97 Å². The Kier molecular flexibility index (Phi) is 6.63. The molecule has 0 fully saturated rings. The van der Waals surface area contributed by atoms with E-state index in [9.17, 15) is 9.00 Å². The first-order valence-electron chi connectivity index (χ1n) is 9.01. The van der Waals surface area contributed by atoms with E-state index in [0.29, 0.717) is 28.4 Å². The topological polar surface area (TPSA) is 130 Å². The molecule has 1 unspecified atom stereocenters. The Bertz CT molecular complexity index is 1060. The number of hydrogen-bond donors (Lipinski definition) is 2. The predicted molar refractivity (Wildman–Crippen MR) is 115 cm³/mol. The SMILES string of the molecule is COc1cc(Cc2cnc(N)nc2N)cc(OC)c1C(=O)CS(=O)c1ccccc1. The molecule has 0 amide bonds. The quantitative estimate of drug-likeness (QED) is 0.525. The largest absolute Gasteiger partial charge is 0.496 e. The van der Waals surface area contributed by atoms with Crippen molar-refractivity contribution in [2.75, 3.05) is 31.4 Å². The van der Waals surface area contributed by atoms with Crippen LogP contribution in [-0.4, -0.2) is 39.9 Å². The van der Waals surface area contributed by atoms with E-state index in [1.165, 1.54) is 14.2 Å². The molecule has 4 N–H and O–H groups in total. The van der Waals surface area contributed by atoms with Crippen LogP contribution in [0.1, 0.15) is 21.5 Å². The molecular formula is C21H22N4O4S. The molecule has 9 heteroatoms. The van der Waals surface area contributed by atoms with Gasteiger partial charge in [0.05, 0.1) is 30.8 Å². The number of rotatable bonds is 8. The monoisotopic (exact) mass is 426 g/mol. The smallest absolute Gasteiger partial charge is 0.221 e. The standard InChI is InChI=1S/C21H22N4O4S/c1-28-17-9-13(8-14-11-24-21(23)25-20(14)22)10-18(29-2)19(17)16(26)12-30(27)15-6-4-3-5-7-15/h3-7,9-11H,8,12H2,1-2H3,(H4,22,23,24,25). The first-order valence-corrected chi connectivity index (χ1v) is 10.3. The number of ether oxygens (including phenoxy) is 2. The fourth-order valence-corrected chi connectivity index (χ4v) is 3.99. The highest BCUT2D eigenvalue weighted by Gasteiger charge is 2.22. The molecule has 3 rings (SSSR count). The second-order valence-electron chi connectivity index (χ2n) is 6.42. The van der Waals surface area contributed by atoms with Crippen LogP contribution in [0.2, 0.25) is 0 Å². The van der Waals surface area contributed by atoms with Crippen LogP contribution in [0.3, 0.4) is 0 Å². The average Bonchev–Trinajstić information content (AvgIpc) is 2.75. The first-order chi connectivity index (χ1) is 14.4. The number of nitrogens with two attached hydrogens (primary N) is 2. The van der Waals surface area contributed by atoms with Gasteiger partial charge in [-0.1, -0.05) is 18.2 Å². The summed E-state index contributed by atoms with van der Waals surface area (Å²) >= 11 is 0. The zero-order chi connectivity index (χ0) is 21.7. The third-order valence-electron chi connectivity index (χ3n) is 4.42. The van der Waals surface area contributed by atoms with Gasteiger partial charge in [-0.25, -0.2) is 4.98 Å². The molecule has 1 heterocycles. The van der Waals surface area contributed by atoms with Crippen molar-refractivity contribution in [1.29, 1.82) is 0 Å². The van der Waals surface area contributed by atoms with Crippen LogP contribution in [0, 0.1) is 0 Å². The highest BCUT2D eigenvalue weighted by atomic mass is 32.2. The normalized spacial score (nSPS) is 11.7. The van der Waals surface area contributed by atoms with Crippen molar-refractivity contribution in [2.45, 2.75) is 11.3 Å². The fourth-order valence-electron chi connectivity index (χ4n) is 2.98. The van der Waals surface area contributed by atoms with Crippen LogP contribution in [0.15, 0.2) is 53.6 Å². The van der Waals surface area contributed by atoms with Gasteiger partial charge >= 0.3 is 0 Å². The van der Waals surface area contributed by atoms with E-state index < -0.39 is 10.8 Å². The number of aromatic nitrogens is 2. The van der Waals surface area contributed by atoms with E-state index in [0.717, 1.165) is 5.56 Å². The zero-order valence-electron chi connectivity index (χ0n) is 16.6. The van der Waals surface area contributed by atoms with Crippen LogP contribution in [0.25, 0.3) is 0 Å². The molecule has 30 heavy (non-hydrogen) atoms. The summed E-state index contributed by atoms with van der Waals surface area (Å²) in [6, 6.07) is 12.3. The van der Waals surface area contributed by atoms with E-state index in [-0.39, 0.29) is 28.9 Å². The van der Waals surface area contributed by atoms with E-state index in [1.807, 2.05) is 6.07 Å². The molecule has 1 atom stereocenters. The third-order valence-corrected chi connectivity index (χ3v) is 5.75. The molecule has 3 aromatic rings. The van der Waals surface area contributed by atoms with Gasteiger partial charge in [-0.2, -0.15) is 4.98 Å². The van der Waals surface area contributed by atoms with Crippen LogP contribution >= 0.6 is 0 Å². The minimum atomic E-state index is -1.48. The Morgan fingerprint density at radius 1 is 1.07 bits per heavy atom. The van der Waals surface area contributed by atoms with E-state index >= 15 is 0 Å². The molecule has 0 aliphatic heterocycles. The highest BCUT2D eigenvalue weighted by molar-refractivity contribution is 7.85. The molecule has 1 aromatic heterocycles. The van der Waals surface area contributed by atoms with Crippen LogP contribution < -0.4 is 20.9 Å². The first kappa shape index (κ1) is 21.3. The van der Waals surface area contributed by atoms with Crippen molar-refractivity contribution in [3.8, 4) is 11.5 Å². The van der Waals surface area contributed by atoms with Crippen LogP contribution in [0.5, 0.6) is 11.5 Å². The number of anilines is 2. The number of carbonyl (C=O) groups is 1. The second kappa shape index (κ2) is 9.36. The maximum Gasteiger partial charge on any atom is 0.221 e. The van der Waals surface area contributed by atoms with Crippen molar-refractivity contribution < 1.29 is 18.5 Å². The lowest BCUT2D eigenvalue weighted by atomic mass is 10.0. The minimum Gasteiger partial charge on any atom is -0.496 e. The summed E-state index contributed by atoms with van der Waals surface area (Å²) in [5.41, 5.74) is 13.2. The lowest BCUT2D eigenvalue weighted by Crippen LogP contribution is -2.14. The average molecular weight is 426 g/mol. The van der Waals surface area contributed by atoms with Crippen molar-refractivity contribution in [3.63, 3.8) is 0 Å². The minimum absolute atomic E-state index is 0.0961. The van der Waals surface area contributed by atoms with Crippen molar-refractivity contribution in [1.82, 2.24) is 9.97 Å². The molecule has 0 saturated carbocycles. The molecule has 8 nitrogen and oxygen atoms in total. The Hall–Kier alpha value is -3.46. The zero-order valence-corrected chi connectivity index (χ0v) is 17.4. The van der Waals surface area contributed by atoms with E-state index in [4.69, 9.17) is 20.9 Å². The molecule has 2 aromatic carbocycles. The number of methoxy groups -OCH3 is 2. The summed E-state index contributed by atoms with van der Waals surface area (Å²) in [6.45, 7) is 0. The van der Waals surface area contributed by atoms with Gasteiger partial charge in [0, 0.05) is 23.1 Å².